The lowest BCUT2D eigenvalue weighted by atomic mass is 10.1. The van der Waals surface area contributed by atoms with E-state index in [1.165, 1.54) is 0 Å². The van der Waals surface area contributed by atoms with Gasteiger partial charge in [0.15, 0.2) is 5.65 Å². The lowest BCUT2D eigenvalue weighted by molar-refractivity contribution is 0.102. The maximum atomic E-state index is 13.3. The van der Waals surface area contributed by atoms with Crippen molar-refractivity contribution in [1.82, 2.24) is 14.8 Å². The number of pyridine rings is 1. The first-order valence-electron chi connectivity index (χ1n) is 9.89. The van der Waals surface area contributed by atoms with Crippen LogP contribution >= 0.6 is 11.6 Å². The second kappa shape index (κ2) is 8.07. The van der Waals surface area contributed by atoms with Gasteiger partial charge in [0, 0.05) is 17.3 Å². The molecule has 0 spiro atoms. The van der Waals surface area contributed by atoms with Gasteiger partial charge in [0.1, 0.15) is 17.3 Å². The van der Waals surface area contributed by atoms with Gasteiger partial charge in [0.05, 0.1) is 35.0 Å². The van der Waals surface area contributed by atoms with E-state index < -0.39 is 0 Å². The second-order valence-corrected chi connectivity index (χ2v) is 8.01. The number of methoxy groups -OCH3 is 1. The predicted octanol–water partition coefficient (Wildman–Crippen LogP) is 5.80. The summed E-state index contributed by atoms with van der Waals surface area (Å²) < 4.78 is 12.7. The molecule has 1 aromatic carbocycles. The molecule has 3 aromatic heterocycles. The van der Waals surface area contributed by atoms with Crippen LogP contribution in [0, 0.1) is 13.8 Å². The number of aromatic nitrogens is 3. The number of nitrogens with one attached hydrogen (secondary N) is 1. The minimum absolute atomic E-state index is 0.0868. The minimum Gasteiger partial charge on any atom is -0.495 e. The number of nitrogens with zero attached hydrogens (tertiary/aromatic N) is 3. The highest BCUT2D eigenvalue weighted by atomic mass is 35.5. The molecule has 0 saturated carbocycles. The number of benzene rings is 1. The molecule has 31 heavy (non-hydrogen) atoms. The maximum Gasteiger partial charge on any atom is 0.256 e. The van der Waals surface area contributed by atoms with E-state index in [0.717, 1.165) is 17.1 Å². The van der Waals surface area contributed by atoms with Crippen LogP contribution in [0.4, 0.5) is 5.69 Å². The van der Waals surface area contributed by atoms with Crippen LogP contribution in [0.5, 0.6) is 5.75 Å². The summed E-state index contributed by atoms with van der Waals surface area (Å²) in [6, 6.07) is 8.88. The Labute approximate surface area is 185 Å². The van der Waals surface area contributed by atoms with Gasteiger partial charge in [-0.15, -0.1) is 0 Å². The Morgan fingerprint density at radius 3 is 2.61 bits per heavy atom. The van der Waals surface area contributed by atoms with Crippen molar-refractivity contribution in [3.8, 4) is 17.0 Å². The van der Waals surface area contributed by atoms with Gasteiger partial charge in [-0.05, 0) is 58.0 Å². The van der Waals surface area contributed by atoms with Gasteiger partial charge in [-0.2, -0.15) is 5.10 Å². The van der Waals surface area contributed by atoms with Crippen molar-refractivity contribution in [3.63, 3.8) is 0 Å². The fourth-order valence-corrected chi connectivity index (χ4v) is 3.81. The van der Waals surface area contributed by atoms with Crippen molar-refractivity contribution in [2.45, 2.75) is 33.7 Å². The summed E-state index contributed by atoms with van der Waals surface area (Å²) in [5, 5.41) is 8.46. The number of halogens is 1. The van der Waals surface area contributed by atoms with Crippen LogP contribution in [0.1, 0.15) is 41.8 Å². The smallest absolute Gasteiger partial charge is 0.256 e. The van der Waals surface area contributed by atoms with E-state index in [0.29, 0.717) is 38.8 Å². The molecule has 8 heteroatoms. The highest BCUT2D eigenvalue weighted by Crippen LogP contribution is 2.31. The number of hydrogen-bond donors (Lipinski definition) is 1. The molecular formula is C23H23ClN4O3. The van der Waals surface area contributed by atoms with Crippen LogP contribution < -0.4 is 10.1 Å². The third-order valence-corrected chi connectivity index (χ3v) is 5.32. The largest absolute Gasteiger partial charge is 0.495 e. The Hall–Kier alpha value is -3.32. The molecule has 0 aliphatic carbocycles. The summed E-state index contributed by atoms with van der Waals surface area (Å²) in [4.78, 5) is 18.1. The third kappa shape index (κ3) is 3.88. The van der Waals surface area contributed by atoms with Crippen molar-refractivity contribution < 1.29 is 13.9 Å². The zero-order chi connectivity index (χ0) is 22.3. The fraction of sp³-hybridized carbons (Fsp3) is 0.261. The normalized spacial score (nSPS) is 11.3. The molecule has 0 atom stereocenters. The number of rotatable bonds is 5. The van der Waals surface area contributed by atoms with E-state index in [1.807, 2.05) is 38.4 Å². The highest BCUT2D eigenvalue weighted by Gasteiger charge is 2.20. The number of anilines is 1. The van der Waals surface area contributed by atoms with Gasteiger partial charge >= 0.3 is 0 Å². The summed E-state index contributed by atoms with van der Waals surface area (Å²) >= 11 is 6.21. The molecule has 4 rings (SSSR count). The van der Waals surface area contributed by atoms with Crippen LogP contribution in [0.2, 0.25) is 5.02 Å². The van der Waals surface area contributed by atoms with Gasteiger partial charge in [-0.3, -0.25) is 4.79 Å². The molecule has 1 amide bonds. The summed E-state index contributed by atoms with van der Waals surface area (Å²) in [6.45, 7) is 7.81. The van der Waals surface area contributed by atoms with E-state index in [2.05, 4.69) is 10.4 Å². The van der Waals surface area contributed by atoms with Gasteiger partial charge in [-0.25, -0.2) is 9.67 Å². The molecule has 0 fully saturated rings. The Morgan fingerprint density at radius 1 is 1.23 bits per heavy atom. The Balaban J connectivity index is 1.83. The number of hydrogen-bond acceptors (Lipinski definition) is 5. The maximum absolute atomic E-state index is 13.3. The van der Waals surface area contributed by atoms with Crippen molar-refractivity contribution in [2.75, 3.05) is 12.4 Å². The van der Waals surface area contributed by atoms with Gasteiger partial charge in [-0.1, -0.05) is 11.6 Å². The number of fused-ring (bicyclic) bond motifs is 1. The van der Waals surface area contributed by atoms with Crippen molar-refractivity contribution in [2.24, 2.45) is 0 Å². The molecule has 0 saturated heterocycles. The number of furan rings is 1. The van der Waals surface area contributed by atoms with Crippen LogP contribution in [-0.2, 0) is 0 Å². The second-order valence-electron chi connectivity index (χ2n) is 7.61. The van der Waals surface area contributed by atoms with Crippen LogP contribution in [-0.4, -0.2) is 27.8 Å². The first-order valence-corrected chi connectivity index (χ1v) is 10.3. The number of amides is 1. The lowest BCUT2D eigenvalue weighted by Crippen LogP contribution is -2.13. The summed E-state index contributed by atoms with van der Waals surface area (Å²) in [6.07, 6.45) is 1.68. The van der Waals surface area contributed by atoms with E-state index in [9.17, 15) is 4.79 Å². The predicted molar refractivity (Wildman–Crippen MR) is 121 cm³/mol. The zero-order valence-corrected chi connectivity index (χ0v) is 18.7. The first-order chi connectivity index (χ1) is 14.8. The number of carbonyl (C=O) groups excluding carboxylic acids is 1. The van der Waals surface area contributed by atoms with E-state index in [1.54, 1.807) is 37.6 Å². The van der Waals surface area contributed by atoms with Crippen LogP contribution in [0.3, 0.4) is 0 Å². The molecule has 0 aliphatic rings. The quantitative estimate of drug-likeness (QED) is 0.425. The minimum atomic E-state index is -0.281. The number of aryl methyl sites for hydroxylation is 2. The summed E-state index contributed by atoms with van der Waals surface area (Å²) in [5.74, 6) is 1.78. The molecule has 0 radical (unpaired) electrons. The SMILES string of the molecule is COc1ccc(NC(=O)c2cc(-c3cc(C)oc3C)nc3c2cnn3C(C)C)cc1Cl. The van der Waals surface area contributed by atoms with E-state index in [-0.39, 0.29) is 11.9 Å². The van der Waals surface area contributed by atoms with Crippen LogP contribution in [0.25, 0.3) is 22.3 Å². The van der Waals surface area contributed by atoms with Crippen molar-refractivity contribution in [3.05, 3.63) is 58.6 Å². The number of ether oxygens (including phenoxy) is 1. The average molecular weight is 439 g/mol. The average Bonchev–Trinajstić information content (AvgIpc) is 3.29. The van der Waals surface area contributed by atoms with Gasteiger partial charge < -0.3 is 14.5 Å². The molecule has 1 N–H and O–H groups in total. The van der Waals surface area contributed by atoms with Crippen LogP contribution in [0.15, 0.2) is 40.9 Å². The lowest BCUT2D eigenvalue weighted by Gasteiger charge is -2.11. The molecule has 3 heterocycles. The van der Waals surface area contributed by atoms with Crippen molar-refractivity contribution in [1.29, 1.82) is 0 Å². The zero-order valence-electron chi connectivity index (χ0n) is 18.0. The topological polar surface area (TPSA) is 82.2 Å². The Bertz CT molecular complexity index is 1290. The third-order valence-electron chi connectivity index (χ3n) is 5.03. The molecule has 160 valence electrons. The van der Waals surface area contributed by atoms with Crippen molar-refractivity contribution >= 4 is 34.2 Å². The number of carbonyl (C=O) groups is 1. The highest BCUT2D eigenvalue weighted by molar-refractivity contribution is 6.32. The van der Waals surface area contributed by atoms with Gasteiger partial charge in [0.25, 0.3) is 5.91 Å². The summed E-state index contributed by atoms with van der Waals surface area (Å²) in [5.41, 5.74) is 3.18. The first kappa shape index (κ1) is 20.9. The molecule has 0 aliphatic heterocycles. The molecule has 7 nitrogen and oxygen atoms in total. The molecule has 0 unspecified atom stereocenters. The molecule has 4 aromatic rings. The molecular weight excluding hydrogens is 416 g/mol. The summed E-state index contributed by atoms with van der Waals surface area (Å²) in [7, 11) is 1.54. The Kier molecular flexibility index (Phi) is 5.45. The molecule has 0 bridgehead atoms. The standard InChI is InChI=1S/C23H23ClN4O3/c1-12(2)28-22-18(11-25-28)17(10-20(27-22)16-8-13(3)31-14(16)4)23(29)26-15-6-7-21(30-5)19(24)9-15/h6-12H,1-5H3,(H,26,29). The monoisotopic (exact) mass is 438 g/mol. The Morgan fingerprint density at radius 2 is 2.00 bits per heavy atom. The van der Waals surface area contributed by atoms with E-state index >= 15 is 0 Å². The van der Waals surface area contributed by atoms with Gasteiger partial charge in [0.2, 0.25) is 0 Å². The fourth-order valence-electron chi connectivity index (χ4n) is 3.55. The van der Waals surface area contributed by atoms with E-state index in [4.69, 9.17) is 25.7 Å².